The first-order valence-corrected chi connectivity index (χ1v) is 10.8. The lowest BCUT2D eigenvalue weighted by molar-refractivity contribution is -0.109. The number of hydrogen-bond acceptors (Lipinski definition) is 3. The summed E-state index contributed by atoms with van der Waals surface area (Å²) in [7, 11) is 0. The van der Waals surface area contributed by atoms with E-state index in [4.69, 9.17) is 11.6 Å². The minimum atomic E-state index is 0.0936. The van der Waals surface area contributed by atoms with Gasteiger partial charge in [0.15, 0.2) is 0 Å². The summed E-state index contributed by atoms with van der Waals surface area (Å²) in [6.45, 7) is 5.04. The molecule has 2 N–H and O–H groups in total. The van der Waals surface area contributed by atoms with E-state index in [0.29, 0.717) is 5.92 Å². The third-order valence-corrected chi connectivity index (χ3v) is 4.89. The zero-order valence-electron chi connectivity index (χ0n) is 17.4. The fourth-order valence-electron chi connectivity index (χ4n) is 3.31. The lowest BCUT2D eigenvalue weighted by atomic mass is 9.94. The first-order chi connectivity index (χ1) is 14.2. The molecule has 1 aliphatic carbocycles. The van der Waals surface area contributed by atoms with Gasteiger partial charge in [0.05, 0.1) is 6.04 Å². The van der Waals surface area contributed by atoms with Crippen molar-refractivity contribution < 1.29 is 4.79 Å². The van der Waals surface area contributed by atoms with Gasteiger partial charge in [-0.25, -0.2) is 0 Å². The summed E-state index contributed by atoms with van der Waals surface area (Å²) in [5.41, 5.74) is 3.37. The van der Waals surface area contributed by atoms with Crippen LogP contribution in [0.25, 0.3) is 0 Å². The summed E-state index contributed by atoms with van der Waals surface area (Å²) in [5.74, 6) is 0.383. The number of allylic oxidation sites excluding steroid dienone is 3. The first-order valence-electron chi connectivity index (χ1n) is 10.4. The zero-order chi connectivity index (χ0) is 20.9. The molecule has 2 aliphatic rings. The maximum atomic E-state index is 10.8. The van der Waals surface area contributed by atoms with Crippen LogP contribution >= 0.6 is 11.6 Å². The van der Waals surface area contributed by atoms with Gasteiger partial charge in [-0.05, 0) is 55.2 Å². The molecule has 2 atom stereocenters. The molecule has 0 spiro atoms. The molecule has 0 radical (unpaired) electrons. The number of nitrogens with one attached hydrogen (secondary N) is 2. The molecule has 5 heteroatoms. The number of nitrogens with zero attached hydrogens (tertiary/aromatic N) is 1. The molecule has 1 amide bonds. The predicted octanol–water partition coefficient (Wildman–Crippen LogP) is 5.21. The van der Waals surface area contributed by atoms with Crippen molar-refractivity contribution in [2.45, 2.75) is 52.0 Å². The molecule has 0 bridgehead atoms. The second kappa shape index (κ2) is 13.0. The third-order valence-electron chi connectivity index (χ3n) is 4.64. The van der Waals surface area contributed by atoms with E-state index in [9.17, 15) is 4.79 Å². The van der Waals surface area contributed by atoms with Gasteiger partial charge in [0, 0.05) is 29.4 Å². The number of amides is 1. The molecular weight excluding hydrogens is 382 g/mol. The number of carbonyl (C=O) groups excluding carboxylic acids is 1. The number of halogens is 1. The first kappa shape index (κ1) is 23.0. The van der Waals surface area contributed by atoms with Crippen LogP contribution in [0.2, 0.25) is 5.02 Å². The van der Waals surface area contributed by atoms with E-state index in [1.807, 2.05) is 30.5 Å². The number of carbonyl (C=O) groups is 1. The van der Waals surface area contributed by atoms with Gasteiger partial charge in [-0.2, -0.15) is 0 Å². The zero-order valence-corrected chi connectivity index (χ0v) is 18.2. The Bertz CT molecular complexity index is 750. The summed E-state index contributed by atoms with van der Waals surface area (Å²) in [5, 5.41) is 7.18. The van der Waals surface area contributed by atoms with Gasteiger partial charge in [-0.1, -0.05) is 62.2 Å². The van der Waals surface area contributed by atoms with Crippen molar-refractivity contribution in [2.75, 3.05) is 6.54 Å². The Morgan fingerprint density at radius 2 is 1.97 bits per heavy atom. The molecule has 2 unspecified atom stereocenters. The van der Waals surface area contributed by atoms with E-state index in [-0.39, 0.29) is 6.04 Å². The van der Waals surface area contributed by atoms with E-state index < -0.39 is 0 Å². The normalized spacial score (nSPS) is 22.7. The standard InChI is InChI=1S/C21H24ClN3O.C3H8/c22-18-7-5-16(6-8-18)13-17-9-11-23-12-10-19(14-17)25-21-4-2-1-3-20(21)24-15-26;1-3-2/h1-3,5-8,11,14-15,17,21,25H,4,9-10,12-13H2,(H,24,26);3H2,1-2H3/b19-14+,23-11?;. The number of hydrogen-bond donors (Lipinski definition) is 2. The SMILES string of the molecule is CCC.O=CNC1=CC=CCC1N/C1=C/C(Cc2ccc(Cl)cc2)CC=NCC1. The second-order valence-corrected chi connectivity index (χ2v) is 7.75. The highest BCUT2D eigenvalue weighted by Crippen LogP contribution is 2.20. The number of rotatable bonds is 6. The van der Waals surface area contributed by atoms with Gasteiger partial charge >= 0.3 is 0 Å². The second-order valence-electron chi connectivity index (χ2n) is 7.31. The van der Waals surface area contributed by atoms with Crippen molar-refractivity contribution in [1.29, 1.82) is 0 Å². The molecule has 4 nitrogen and oxygen atoms in total. The van der Waals surface area contributed by atoms with Gasteiger partial charge in [0.1, 0.15) is 0 Å². The maximum absolute atomic E-state index is 10.8. The van der Waals surface area contributed by atoms with Crippen LogP contribution in [-0.4, -0.2) is 25.2 Å². The van der Waals surface area contributed by atoms with Gasteiger partial charge in [-0.15, -0.1) is 0 Å². The minimum absolute atomic E-state index is 0.0936. The monoisotopic (exact) mass is 413 g/mol. The van der Waals surface area contributed by atoms with Crippen LogP contribution in [0.15, 0.2) is 65.0 Å². The lowest BCUT2D eigenvalue weighted by Gasteiger charge is -2.26. The molecule has 0 aromatic heterocycles. The Labute approximate surface area is 179 Å². The van der Waals surface area contributed by atoms with Crippen molar-refractivity contribution in [3.8, 4) is 0 Å². The molecular formula is C24H32ClN3O. The fourth-order valence-corrected chi connectivity index (χ4v) is 3.44. The summed E-state index contributed by atoms with van der Waals surface area (Å²) in [4.78, 5) is 15.4. The van der Waals surface area contributed by atoms with Crippen LogP contribution < -0.4 is 10.6 Å². The van der Waals surface area contributed by atoms with E-state index in [2.05, 4.69) is 53.8 Å². The summed E-state index contributed by atoms with van der Waals surface area (Å²) < 4.78 is 0. The highest BCUT2D eigenvalue weighted by molar-refractivity contribution is 6.30. The van der Waals surface area contributed by atoms with Crippen LogP contribution in [0, 0.1) is 5.92 Å². The smallest absolute Gasteiger partial charge is 0.211 e. The van der Waals surface area contributed by atoms with E-state index >= 15 is 0 Å². The van der Waals surface area contributed by atoms with Crippen molar-refractivity contribution >= 4 is 24.2 Å². The Balaban J connectivity index is 0.000000941. The minimum Gasteiger partial charge on any atom is -0.380 e. The summed E-state index contributed by atoms with van der Waals surface area (Å²) >= 11 is 5.99. The van der Waals surface area contributed by atoms with Gasteiger partial charge in [-0.3, -0.25) is 9.79 Å². The van der Waals surface area contributed by atoms with E-state index in [0.717, 1.165) is 49.4 Å². The van der Waals surface area contributed by atoms with Crippen molar-refractivity contribution in [3.05, 3.63) is 70.5 Å². The van der Waals surface area contributed by atoms with Crippen molar-refractivity contribution in [3.63, 3.8) is 0 Å². The van der Waals surface area contributed by atoms with Crippen molar-refractivity contribution in [1.82, 2.24) is 10.6 Å². The van der Waals surface area contributed by atoms with Crippen LogP contribution in [0.1, 0.15) is 45.1 Å². The highest BCUT2D eigenvalue weighted by Gasteiger charge is 2.17. The highest BCUT2D eigenvalue weighted by atomic mass is 35.5. The molecule has 1 aliphatic heterocycles. The molecule has 1 heterocycles. The topological polar surface area (TPSA) is 53.5 Å². The fraction of sp³-hybridized carbons (Fsp3) is 0.417. The Morgan fingerprint density at radius 1 is 1.21 bits per heavy atom. The van der Waals surface area contributed by atoms with Gasteiger partial charge in [0.2, 0.25) is 6.41 Å². The largest absolute Gasteiger partial charge is 0.380 e. The maximum Gasteiger partial charge on any atom is 0.211 e. The van der Waals surface area contributed by atoms with Crippen LogP contribution in [0.5, 0.6) is 0 Å². The van der Waals surface area contributed by atoms with Gasteiger partial charge < -0.3 is 10.6 Å². The number of aliphatic imine (C=N–C) groups is 1. The average Bonchev–Trinajstić information content (AvgIpc) is 2.69. The molecule has 0 saturated heterocycles. The Hall–Kier alpha value is -2.33. The van der Waals surface area contributed by atoms with Crippen LogP contribution in [0.4, 0.5) is 0 Å². The van der Waals surface area contributed by atoms with Crippen LogP contribution in [-0.2, 0) is 11.2 Å². The quantitative estimate of drug-likeness (QED) is 0.629. The Morgan fingerprint density at radius 3 is 2.69 bits per heavy atom. The summed E-state index contributed by atoms with van der Waals surface area (Å²) in [6.07, 6.45) is 16.0. The molecule has 0 fully saturated rings. The molecule has 1 aromatic rings. The predicted molar refractivity (Wildman–Crippen MR) is 123 cm³/mol. The molecule has 156 valence electrons. The molecule has 1 aromatic carbocycles. The molecule has 0 saturated carbocycles. The summed E-state index contributed by atoms with van der Waals surface area (Å²) in [6, 6.07) is 8.14. The average molecular weight is 414 g/mol. The van der Waals surface area contributed by atoms with E-state index in [1.54, 1.807) is 0 Å². The Kier molecular flexibility index (Phi) is 10.3. The van der Waals surface area contributed by atoms with Crippen LogP contribution in [0.3, 0.4) is 0 Å². The van der Waals surface area contributed by atoms with E-state index in [1.165, 1.54) is 17.7 Å². The molecule has 29 heavy (non-hydrogen) atoms. The lowest BCUT2D eigenvalue weighted by Crippen LogP contribution is -2.37. The third kappa shape index (κ3) is 8.28. The number of benzene rings is 1. The van der Waals surface area contributed by atoms with Gasteiger partial charge in [0.25, 0.3) is 0 Å². The molecule has 3 rings (SSSR count). The van der Waals surface area contributed by atoms with Crippen molar-refractivity contribution in [2.24, 2.45) is 10.9 Å².